The van der Waals surface area contributed by atoms with E-state index in [0.29, 0.717) is 0 Å². The summed E-state index contributed by atoms with van der Waals surface area (Å²) >= 11 is 6.04. The van der Waals surface area contributed by atoms with E-state index in [0.717, 1.165) is 34.1 Å². The Labute approximate surface area is 113 Å². The molecule has 1 aromatic heterocycles. The lowest BCUT2D eigenvalue weighted by molar-refractivity contribution is 0.431. The topological polar surface area (TPSA) is 25.2 Å². The number of furan rings is 1. The van der Waals surface area contributed by atoms with Crippen molar-refractivity contribution >= 4 is 11.6 Å². The van der Waals surface area contributed by atoms with Crippen LogP contribution in [0.2, 0.25) is 5.02 Å². The third-order valence-electron chi connectivity index (χ3n) is 3.19. The van der Waals surface area contributed by atoms with Crippen molar-refractivity contribution in [2.24, 2.45) is 0 Å². The lowest BCUT2D eigenvalue weighted by Crippen LogP contribution is -2.14. The van der Waals surface area contributed by atoms with Crippen molar-refractivity contribution in [1.29, 1.82) is 0 Å². The Morgan fingerprint density at radius 3 is 2.72 bits per heavy atom. The smallest absolute Gasteiger partial charge is 0.134 e. The molecule has 3 heteroatoms. The van der Waals surface area contributed by atoms with Crippen LogP contribution in [0.25, 0.3) is 11.3 Å². The van der Waals surface area contributed by atoms with Gasteiger partial charge in [-0.25, -0.2) is 0 Å². The molecule has 2 nitrogen and oxygen atoms in total. The van der Waals surface area contributed by atoms with Crippen LogP contribution in [0.4, 0.5) is 0 Å². The monoisotopic (exact) mass is 263 g/mol. The molecule has 1 aromatic carbocycles. The van der Waals surface area contributed by atoms with Gasteiger partial charge in [-0.2, -0.15) is 0 Å². The fourth-order valence-electron chi connectivity index (χ4n) is 2.09. The summed E-state index contributed by atoms with van der Waals surface area (Å²) in [7, 11) is 1.95. The first kappa shape index (κ1) is 13.2. The van der Waals surface area contributed by atoms with Gasteiger partial charge < -0.3 is 9.73 Å². The van der Waals surface area contributed by atoms with Gasteiger partial charge in [-0.3, -0.25) is 0 Å². The number of benzene rings is 1. The summed E-state index contributed by atoms with van der Waals surface area (Å²) in [5.74, 6) is 1.84. The minimum atomic E-state index is 0.262. The standard InChI is InChI=1S/C15H18ClNO/c1-4-13(17-3)15-8-7-14(18-15)12-9-11(16)6-5-10(12)2/h5-9,13,17H,4H2,1-3H3. The lowest BCUT2D eigenvalue weighted by atomic mass is 10.1. The first-order chi connectivity index (χ1) is 8.65. The van der Waals surface area contributed by atoms with E-state index in [9.17, 15) is 0 Å². The third kappa shape index (κ3) is 2.60. The molecule has 0 aliphatic rings. The molecular weight excluding hydrogens is 246 g/mol. The van der Waals surface area contributed by atoms with Gasteiger partial charge in [0.1, 0.15) is 11.5 Å². The van der Waals surface area contributed by atoms with E-state index < -0.39 is 0 Å². The fraction of sp³-hybridized carbons (Fsp3) is 0.333. The summed E-state index contributed by atoms with van der Waals surface area (Å²) in [6.07, 6.45) is 0.998. The van der Waals surface area contributed by atoms with Crippen LogP contribution in [-0.4, -0.2) is 7.05 Å². The van der Waals surface area contributed by atoms with Gasteiger partial charge in [0.05, 0.1) is 6.04 Å². The first-order valence-corrected chi connectivity index (χ1v) is 6.57. The van der Waals surface area contributed by atoms with Gasteiger partial charge in [-0.05, 0) is 50.2 Å². The van der Waals surface area contributed by atoms with E-state index in [1.807, 2.05) is 37.4 Å². The second-order valence-electron chi connectivity index (χ2n) is 4.41. The van der Waals surface area contributed by atoms with Crippen LogP contribution in [0.5, 0.6) is 0 Å². The van der Waals surface area contributed by atoms with Crippen molar-refractivity contribution in [3.05, 3.63) is 46.7 Å². The molecule has 2 aromatic rings. The van der Waals surface area contributed by atoms with Crippen molar-refractivity contribution in [3.8, 4) is 11.3 Å². The highest BCUT2D eigenvalue weighted by atomic mass is 35.5. The molecule has 2 rings (SSSR count). The average molecular weight is 264 g/mol. The predicted molar refractivity (Wildman–Crippen MR) is 76.0 cm³/mol. The SMILES string of the molecule is CCC(NC)c1ccc(-c2cc(Cl)ccc2C)o1. The van der Waals surface area contributed by atoms with E-state index in [1.54, 1.807) is 0 Å². The molecule has 0 aliphatic heterocycles. The molecule has 0 bridgehead atoms. The molecule has 0 saturated heterocycles. The van der Waals surface area contributed by atoms with Gasteiger partial charge >= 0.3 is 0 Å². The summed E-state index contributed by atoms with van der Waals surface area (Å²) in [4.78, 5) is 0. The minimum Gasteiger partial charge on any atom is -0.459 e. The molecule has 0 amide bonds. The maximum Gasteiger partial charge on any atom is 0.134 e. The molecule has 0 saturated carbocycles. The normalized spacial score (nSPS) is 12.7. The van der Waals surface area contributed by atoms with Crippen molar-refractivity contribution in [3.63, 3.8) is 0 Å². The Balaban J connectivity index is 2.37. The molecule has 1 N–H and O–H groups in total. The molecule has 1 unspecified atom stereocenters. The van der Waals surface area contributed by atoms with E-state index in [2.05, 4.69) is 19.2 Å². The van der Waals surface area contributed by atoms with Crippen molar-refractivity contribution < 1.29 is 4.42 Å². The Kier molecular flexibility index (Phi) is 4.10. The molecule has 1 heterocycles. The fourth-order valence-corrected chi connectivity index (χ4v) is 2.26. The van der Waals surface area contributed by atoms with Gasteiger partial charge in [-0.15, -0.1) is 0 Å². The van der Waals surface area contributed by atoms with Gasteiger partial charge in [0.15, 0.2) is 0 Å². The summed E-state index contributed by atoms with van der Waals surface area (Å²) < 4.78 is 5.93. The summed E-state index contributed by atoms with van der Waals surface area (Å²) in [5.41, 5.74) is 2.22. The van der Waals surface area contributed by atoms with E-state index in [-0.39, 0.29) is 6.04 Å². The summed E-state index contributed by atoms with van der Waals surface area (Å²) in [5, 5.41) is 3.97. The average Bonchev–Trinajstić information content (AvgIpc) is 2.83. The maximum atomic E-state index is 6.04. The Hall–Kier alpha value is -1.25. The second kappa shape index (κ2) is 5.59. The van der Waals surface area contributed by atoms with Crippen molar-refractivity contribution in [2.45, 2.75) is 26.3 Å². The van der Waals surface area contributed by atoms with Crippen LogP contribution in [0.1, 0.15) is 30.7 Å². The number of hydrogen-bond acceptors (Lipinski definition) is 2. The van der Waals surface area contributed by atoms with E-state index in [4.69, 9.17) is 16.0 Å². The zero-order valence-corrected chi connectivity index (χ0v) is 11.7. The van der Waals surface area contributed by atoms with Crippen molar-refractivity contribution in [2.75, 3.05) is 7.05 Å². The number of halogens is 1. The summed E-state index contributed by atoms with van der Waals surface area (Å²) in [6.45, 7) is 4.19. The third-order valence-corrected chi connectivity index (χ3v) is 3.43. The quantitative estimate of drug-likeness (QED) is 0.874. The van der Waals surface area contributed by atoms with Crippen molar-refractivity contribution in [1.82, 2.24) is 5.32 Å². The van der Waals surface area contributed by atoms with Crippen LogP contribution in [0.3, 0.4) is 0 Å². The van der Waals surface area contributed by atoms with Gasteiger partial charge in [0.25, 0.3) is 0 Å². The number of aryl methyl sites for hydroxylation is 1. The first-order valence-electron chi connectivity index (χ1n) is 6.19. The maximum absolute atomic E-state index is 6.04. The van der Waals surface area contributed by atoms with Crippen LogP contribution < -0.4 is 5.32 Å². The molecule has 0 aliphatic carbocycles. The van der Waals surface area contributed by atoms with Crippen LogP contribution in [0.15, 0.2) is 34.7 Å². The Morgan fingerprint density at radius 2 is 2.06 bits per heavy atom. The molecular formula is C15H18ClNO. The largest absolute Gasteiger partial charge is 0.459 e. The van der Waals surface area contributed by atoms with E-state index in [1.165, 1.54) is 0 Å². The predicted octanol–water partition coefficient (Wildman–Crippen LogP) is 4.58. The highest BCUT2D eigenvalue weighted by Gasteiger charge is 2.13. The molecule has 0 radical (unpaired) electrons. The Bertz CT molecular complexity index is 529. The summed E-state index contributed by atoms with van der Waals surface area (Å²) in [6, 6.07) is 10.1. The van der Waals surface area contributed by atoms with E-state index >= 15 is 0 Å². The molecule has 18 heavy (non-hydrogen) atoms. The molecule has 1 atom stereocenters. The highest BCUT2D eigenvalue weighted by Crippen LogP contribution is 2.30. The van der Waals surface area contributed by atoms with Gasteiger partial charge in [0.2, 0.25) is 0 Å². The lowest BCUT2D eigenvalue weighted by Gasteiger charge is -2.10. The number of rotatable bonds is 4. The number of hydrogen-bond donors (Lipinski definition) is 1. The van der Waals surface area contributed by atoms with Gasteiger partial charge in [-0.1, -0.05) is 24.6 Å². The Morgan fingerprint density at radius 1 is 1.28 bits per heavy atom. The molecule has 0 fully saturated rings. The van der Waals surface area contributed by atoms with Crippen LogP contribution >= 0.6 is 11.6 Å². The van der Waals surface area contributed by atoms with Crippen LogP contribution in [-0.2, 0) is 0 Å². The zero-order valence-electron chi connectivity index (χ0n) is 11.0. The molecule has 0 spiro atoms. The second-order valence-corrected chi connectivity index (χ2v) is 4.85. The van der Waals surface area contributed by atoms with Gasteiger partial charge in [0, 0.05) is 10.6 Å². The number of nitrogens with one attached hydrogen (secondary N) is 1. The molecule has 96 valence electrons. The minimum absolute atomic E-state index is 0.262. The highest BCUT2D eigenvalue weighted by molar-refractivity contribution is 6.30. The van der Waals surface area contributed by atoms with Crippen LogP contribution in [0, 0.1) is 6.92 Å². The zero-order chi connectivity index (χ0) is 13.1.